The van der Waals surface area contributed by atoms with Gasteiger partial charge >= 0.3 is 5.97 Å². The zero-order valence-electron chi connectivity index (χ0n) is 24.7. The van der Waals surface area contributed by atoms with Gasteiger partial charge < -0.3 is 15.2 Å². The third-order valence-electron chi connectivity index (χ3n) is 7.56. The molecule has 0 saturated heterocycles. The van der Waals surface area contributed by atoms with Gasteiger partial charge in [0.1, 0.15) is 11.8 Å². The third-order valence-corrected chi connectivity index (χ3v) is 7.56. The van der Waals surface area contributed by atoms with Crippen LogP contribution in [0.3, 0.4) is 0 Å². The summed E-state index contributed by atoms with van der Waals surface area (Å²) >= 11 is 0. The topological polar surface area (TPSA) is 78.9 Å². The largest absolute Gasteiger partial charge is 0.493 e. The van der Waals surface area contributed by atoms with E-state index in [-0.39, 0.29) is 6.42 Å². The molecule has 1 aliphatic rings. The van der Waals surface area contributed by atoms with Crippen molar-refractivity contribution in [2.45, 2.75) is 71.9 Å². The second kappa shape index (κ2) is 14.3. The molecule has 6 heteroatoms. The summed E-state index contributed by atoms with van der Waals surface area (Å²) in [6, 6.07) is 22.4. The molecule has 1 aliphatic heterocycles. The molecule has 3 aromatic rings. The van der Waals surface area contributed by atoms with E-state index in [9.17, 15) is 14.7 Å². The van der Waals surface area contributed by atoms with Crippen LogP contribution in [0.1, 0.15) is 79.1 Å². The summed E-state index contributed by atoms with van der Waals surface area (Å²) in [5.74, 6) is -0.689. The Bertz CT molecular complexity index is 1300. The maximum absolute atomic E-state index is 13.2. The number of hydrogen-bond acceptors (Lipinski definition) is 4. The number of carbonyl (C=O) groups excluding carboxylic acids is 1. The van der Waals surface area contributed by atoms with Crippen LogP contribution in [0, 0.1) is 5.41 Å². The number of carboxylic acid groups (broad SMARTS) is 1. The minimum atomic E-state index is -1.06. The van der Waals surface area contributed by atoms with Crippen LogP contribution < -0.4 is 10.1 Å². The Kier molecular flexibility index (Phi) is 10.6. The number of rotatable bonds is 7. The lowest BCUT2D eigenvalue weighted by Crippen LogP contribution is -2.42. The van der Waals surface area contributed by atoms with Crippen molar-refractivity contribution in [2.24, 2.45) is 5.41 Å². The number of nitrogens with zero attached hydrogens (tertiary/aromatic N) is 1. The quantitative estimate of drug-likeness (QED) is 0.347. The van der Waals surface area contributed by atoms with Crippen LogP contribution in [0.4, 0.5) is 0 Å². The van der Waals surface area contributed by atoms with Crippen LogP contribution in [0.15, 0.2) is 72.8 Å². The van der Waals surface area contributed by atoms with Gasteiger partial charge in [-0.15, -0.1) is 0 Å². The van der Waals surface area contributed by atoms with Crippen molar-refractivity contribution in [3.05, 3.63) is 101 Å². The molecule has 41 heavy (non-hydrogen) atoms. The summed E-state index contributed by atoms with van der Waals surface area (Å²) in [6.45, 7) is 10.6. The Morgan fingerprint density at radius 3 is 2.49 bits per heavy atom. The van der Waals surface area contributed by atoms with Crippen LogP contribution in [0.5, 0.6) is 5.75 Å². The van der Waals surface area contributed by atoms with E-state index in [1.807, 2.05) is 42.5 Å². The summed E-state index contributed by atoms with van der Waals surface area (Å²) in [5, 5.41) is 12.5. The number of carbonyl (C=O) groups is 2. The normalized spacial score (nSPS) is 15.6. The Labute approximate surface area is 244 Å². The first-order valence-electron chi connectivity index (χ1n) is 14.8. The van der Waals surface area contributed by atoms with Crippen molar-refractivity contribution in [2.75, 3.05) is 19.7 Å². The van der Waals surface area contributed by atoms with Crippen molar-refractivity contribution in [3.8, 4) is 5.75 Å². The molecule has 1 heterocycles. The van der Waals surface area contributed by atoms with Gasteiger partial charge in [-0.05, 0) is 84.6 Å². The van der Waals surface area contributed by atoms with Crippen molar-refractivity contribution < 1.29 is 19.4 Å². The molecule has 0 unspecified atom stereocenters. The average Bonchev–Trinajstić information content (AvgIpc) is 2.93. The van der Waals surface area contributed by atoms with Crippen LogP contribution >= 0.6 is 0 Å². The molecule has 2 N–H and O–H groups in total. The van der Waals surface area contributed by atoms with Gasteiger partial charge in [0.15, 0.2) is 0 Å². The summed E-state index contributed by atoms with van der Waals surface area (Å²) in [6.07, 6.45) is 5.20. The molecule has 0 aromatic heterocycles. The number of nitrogens with one attached hydrogen (secondary N) is 1. The van der Waals surface area contributed by atoms with E-state index in [2.05, 4.69) is 55.3 Å². The monoisotopic (exact) mass is 556 g/mol. The lowest BCUT2D eigenvalue weighted by Gasteiger charge is -2.27. The van der Waals surface area contributed by atoms with E-state index in [0.717, 1.165) is 67.8 Å². The van der Waals surface area contributed by atoms with E-state index in [0.29, 0.717) is 24.0 Å². The highest BCUT2D eigenvalue weighted by atomic mass is 16.5. The molecule has 0 saturated carbocycles. The molecule has 0 aliphatic carbocycles. The van der Waals surface area contributed by atoms with Crippen molar-refractivity contribution in [3.63, 3.8) is 0 Å². The zero-order valence-corrected chi connectivity index (χ0v) is 24.7. The molecule has 3 aromatic carbocycles. The number of carboxylic acids is 1. The van der Waals surface area contributed by atoms with Crippen molar-refractivity contribution in [1.29, 1.82) is 0 Å². The number of benzene rings is 3. The Morgan fingerprint density at radius 2 is 1.73 bits per heavy atom. The molecule has 218 valence electrons. The first-order chi connectivity index (χ1) is 19.7. The molecular formula is C35H44N2O4. The highest BCUT2D eigenvalue weighted by molar-refractivity contribution is 5.97. The first-order valence-corrected chi connectivity index (χ1v) is 14.8. The minimum absolute atomic E-state index is 0.218. The fourth-order valence-corrected chi connectivity index (χ4v) is 5.17. The molecule has 4 rings (SSSR count). The van der Waals surface area contributed by atoms with Crippen LogP contribution in [-0.4, -0.2) is 47.6 Å². The van der Waals surface area contributed by atoms with Crippen LogP contribution in [0.25, 0.3) is 0 Å². The van der Waals surface area contributed by atoms with Gasteiger partial charge in [0, 0.05) is 24.9 Å². The van der Waals surface area contributed by atoms with E-state index in [4.69, 9.17) is 4.74 Å². The second-order valence-electron chi connectivity index (χ2n) is 12.4. The van der Waals surface area contributed by atoms with Crippen molar-refractivity contribution in [1.82, 2.24) is 10.2 Å². The van der Waals surface area contributed by atoms with Gasteiger partial charge in [0.05, 0.1) is 6.61 Å². The first kappa shape index (κ1) is 30.3. The standard InChI is InChI=1S/C35H44N2O4/c1-35(2,3)17-19-37-18-8-5-9-20-41-32-16-15-29(24-30(32)22-27-13-10-14-28(21-27)25-37)33(38)36-31(34(39)40)23-26-11-6-4-7-12-26/h4,6-7,10-16,21,24,31H,5,8-9,17-20,22-23,25H2,1-3H3,(H,36,38)(H,39,40)/t31-/m0/s1. The van der Waals surface area contributed by atoms with E-state index >= 15 is 0 Å². The SMILES string of the molecule is CC(C)(C)CCN1CCCCCOc2ccc(C(=O)N[C@@H](Cc3ccccc3)C(=O)O)cc2Cc2cccc(c2)C1. The van der Waals surface area contributed by atoms with Gasteiger partial charge in [-0.3, -0.25) is 9.69 Å². The molecule has 0 radical (unpaired) electrons. The van der Waals surface area contributed by atoms with Crippen LogP contribution in [0.2, 0.25) is 0 Å². The van der Waals surface area contributed by atoms with Gasteiger partial charge in [0.2, 0.25) is 0 Å². The van der Waals surface area contributed by atoms with Gasteiger partial charge in [-0.25, -0.2) is 4.79 Å². The highest BCUT2D eigenvalue weighted by Gasteiger charge is 2.22. The summed E-state index contributed by atoms with van der Waals surface area (Å²) in [5.41, 5.74) is 4.95. The maximum atomic E-state index is 13.2. The fraction of sp³-hybridized carbons (Fsp3) is 0.429. The van der Waals surface area contributed by atoms with Crippen molar-refractivity contribution >= 4 is 11.9 Å². The summed E-state index contributed by atoms with van der Waals surface area (Å²) in [4.78, 5) is 27.7. The molecule has 6 nitrogen and oxygen atoms in total. The number of aliphatic carboxylic acids is 1. The van der Waals surface area contributed by atoms with Gasteiger partial charge in [0.25, 0.3) is 5.91 Å². The molecule has 1 amide bonds. The predicted octanol–water partition coefficient (Wildman–Crippen LogP) is 6.50. The lowest BCUT2D eigenvalue weighted by molar-refractivity contribution is -0.139. The molecule has 1 atom stereocenters. The third kappa shape index (κ3) is 9.75. The Morgan fingerprint density at radius 1 is 0.951 bits per heavy atom. The highest BCUT2D eigenvalue weighted by Crippen LogP contribution is 2.26. The van der Waals surface area contributed by atoms with E-state index in [1.165, 1.54) is 5.56 Å². The zero-order chi connectivity index (χ0) is 29.2. The van der Waals surface area contributed by atoms with E-state index < -0.39 is 17.9 Å². The lowest BCUT2D eigenvalue weighted by atomic mass is 9.92. The van der Waals surface area contributed by atoms with E-state index in [1.54, 1.807) is 6.07 Å². The minimum Gasteiger partial charge on any atom is -0.493 e. The molecule has 0 spiro atoms. The average molecular weight is 557 g/mol. The number of amides is 1. The molecule has 2 bridgehead atoms. The maximum Gasteiger partial charge on any atom is 0.326 e. The number of fused-ring (bicyclic) bond motifs is 3. The van der Waals surface area contributed by atoms with Gasteiger partial charge in [-0.1, -0.05) is 75.4 Å². The predicted molar refractivity (Wildman–Crippen MR) is 163 cm³/mol. The number of ether oxygens (including phenoxy) is 1. The Hall–Kier alpha value is -3.64. The second-order valence-corrected chi connectivity index (χ2v) is 12.4. The van der Waals surface area contributed by atoms with Gasteiger partial charge in [-0.2, -0.15) is 0 Å². The molecule has 0 fully saturated rings. The smallest absolute Gasteiger partial charge is 0.326 e. The summed E-state index contributed by atoms with van der Waals surface area (Å²) < 4.78 is 6.22. The summed E-state index contributed by atoms with van der Waals surface area (Å²) in [7, 11) is 0. The molecular weight excluding hydrogens is 512 g/mol. The fourth-order valence-electron chi connectivity index (χ4n) is 5.17. The van der Waals surface area contributed by atoms with Crippen LogP contribution in [-0.2, 0) is 24.2 Å². The number of hydrogen-bond donors (Lipinski definition) is 2. The Balaban J connectivity index is 1.54.